The molecule has 29 heavy (non-hydrogen) atoms. The lowest BCUT2D eigenvalue weighted by Gasteiger charge is -2.20. The van der Waals surface area contributed by atoms with Crippen LogP contribution in [0, 0.1) is 0 Å². The molecule has 3 aromatic carbocycles. The van der Waals surface area contributed by atoms with Gasteiger partial charge in [-0.3, -0.25) is 4.79 Å². The number of benzene rings is 3. The fraction of sp³-hybridized carbons (Fsp3) is 0.167. The van der Waals surface area contributed by atoms with Gasteiger partial charge in [0, 0.05) is 0 Å². The normalized spacial score (nSPS) is 10.4. The van der Waals surface area contributed by atoms with Crippen LogP contribution in [-0.4, -0.2) is 25.1 Å². The third kappa shape index (κ3) is 5.45. The number of hydrogen-bond donors (Lipinski definition) is 1. The number of carbonyl (C=O) groups is 2. The standard InChI is InChI=1S/C24H23NO4/c1-2-28-24(27)20-15-9-10-16-21(20)29-17-22(26)25-23(18-11-5-3-6-12-18)19-13-7-4-8-14-19/h3-16,23H,2,17H2,1H3,(H,25,26). The SMILES string of the molecule is CCOC(=O)c1ccccc1OCC(=O)NC(c1ccccc1)c1ccccc1. The molecule has 148 valence electrons. The minimum atomic E-state index is -0.477. The molecule has 1 N–H and O–H groups in total. The fourth-order valence-corrected chi connectivity index (χ4v) is 2.97. The van der Waals surface area contributed by atoms with Crippen molar-refractivity contribution in [2.45, 2.75) is 13.0 Å². The van der Waals surface area contributed by atoms with Crippen LogP contribution in [-0.2, 0) is 9.53 Å². The molecule has 0 aliphatic carbocycles. The van der Waals surface area contributed by atoms with Crippen LogP contribution in [0.15, 0.2) is 84.9 Å². The van der Waals surface area contributed by atoms with Gasteiger partial charge < -0.3 is 14.8 Å². The number of carbonyl (C=O) groups excluding carboxylic acids is 2. The topological polar surface area (TPSA) is 64.6 Å². The van der Waals surface area contributed by atoms with E-state index in [1.807, 2.05) is 60.7 Å². The van der Waals surface area contributed by atoms with Crippen LogP contribution in [0.1, 0.15) is 34.5 Å². The third-order valence-corrected chi connectivity index (χ3v) is 4.31. The summed E-state index contributed by atoms with van der Waals surface area (Å²) < 4.78 is 10.7. The van der Waals surface area contributed by atoms with E-state index in [2.05, 4.69) is 5.32 Å². The monoisotopic (exact) mass is 389 g/mol. The number of nitrogens with one attached hydrogen (secondary N) is 1. The molecule has 0 spiro atoms. The molecule has 0 saturated heterocycles. The van der Waals surface area contributed by atoms with Gasteiger partial charge in [0.25, 0.3) is 5.91 Å². The van der Waals surface area contributed by atoms with Crippen LogP contribution >= 0.6 is 0 Å². The van der Waals surface area contributed by atoms with Gasteiger partial charge >= 0.3 is 5.97 Å². The molecular formula is C24H23NO4. The van der Waals surface area contributed by atoms with Crippen molar-refractivity contribution in [1.82, 2.24) is 5.32 Å². The smallest absolute Gasteiger partial charge is 0.341 e. The summed E-state index contributed by atoms with van der Waals surface area (Å²) in [5.41, 5.74) is 2.24. The van der Waals surface area contributed by atoms with Crippen molar-refractivity contribution in [3.63, 3.8) is 0 Å². The molecule has 0 saturated carbocycles. The highest BCUT2D eigenvalue weighted by Crippen LogP contribution is 2.22. The maximum Gasteiger partial charge on any atom is 0.341 e. The second-order valence-electron chi connectivity index (χ2n) is 6.33. The Kier molecular flexibility index (Phi) is 7.00. The molecule has 0 heterocycles. The van der Waals surface area contributed by atoms with E-state index in [0.717, 1.165) is 11.1 Å². The Labute approximate surface area is 170 Å². The largest absolute Gasteiger partial charge is 0.483 e. The van der Waals surface area contributed by atoms with E-state index in [-0.39, 0.29) is 25.2 Å². The number of amides is 1. The molecule has 3 aromatic rings. The molecule has 0 aliphatic heterocycles. The van der Waals surface area contributed by atoms with E-state index in [9.17, 15) is 9.59 Å². The number of para-hydroxylation sites is 1. The molecule has 5 heteroatoms. The van der Waals surface area contributed by atoms with Crippen molar-refractivity contribution in [1.29, 1.82) is 0 Å². The summed E-state index contributed by atoms with van der Waals surface area (Å²) >= 11 is 0. The number of rotatable bonds is 8. The Bertz CT molecular complexity index is 902. The predicted molar refractivity (Wildman–Crippen MR) is 111 cm³/mol. The molecule has 0 aromatic heterocycles. The zero-order chi connectivity index (χ0) is 20.5. The van der Waals surface area contributed by atoms with Crippen LogP contribution in [0.2, 0.25) is 0 Å². The average Bonchev–Trinajstić information content (AvgIpc) is 2.77. The van der Waals surface area contributed by atoms with Gasteiger partial charge in [0.1, 0.15) is 11.3 Å². The molecular weight excluding hydrogens is 366 g/mol. The second kappa shape index (κ2) is 10.1. The first-order chi connectivity index (χ1) is 14.2. The van der Waals surface area contributed by atoms with E-state index < -0.39 is 5.97 Å². The molecule has 0 fully saturated rings. The van der Waals surface area contributed by atoms with Gasteiger partial charge in [-0.05, 0) is 30.2 Å². The lowest BCUT2D eigenvalue weighted by atomic mass is 9.99. The van der Waals surface area contributed by atoms with Gasteiger partial charge in [-0.25, -0.2) is 4.79 Å². The third-order valence-electron chi connectivity index (χ3n) is 4.31. The highest BCUT2D eigenvalue weighted by atomic mass is 16.5. The van der Waals surface area contributed by atoms with Crippen molar-refractivity contribution in [2.75, 3.05) is 13.2 Å². The lowest BCUT2D eigenvalue weighted by molar-refractivity contribution is -0.123. The summed E-state index contributed by atoms with van der Waals surface area (Å²) in [4.78, 5) is 24.7. The number of esters is 1. The maximum atomic E-state index is 12.6. The summed E-state index contributed by atoms with van der Waals surface area (Å²) in [7, 11) is 0. The van der Waals surface area contributed by atoms with E-state index in [4.69, 9.17) is 9.47 Å². The number of ether oxygens (including phenoxy) is 2. The van der Waals surface area contributed by atoms with Crippen LogP contribution < -0.4 is 10.1 Å². The molecule has 5 nitrogen and oxygen atoms in total. The van der Waals surface area contributed by atoms with Crippen molar-refractivity contribution in [3.05, 3.63) is 102 Å². The first kappa shape index (κ1) is 20.1. The van der Waals surface area contributed by atoms with Crippen LogP contribution in [0.4, 0.5) is 0 Å². The average molecular weight is 389 g/mol. The fourth-order valence-electron chi connectivity index (χ4n) is 2.97. The summed E-state index contributed by atoms with van der Waals surface area (Å²) in [6, 6.07) is 25.9. The zero-order valence-corrected chi connectivity index (χ0v) is 16.2. The molecule has 3 rings (SSSR count). The Morgan fingerprint density at radius 1 is 0.828 bits per heavy atom. The Balaban J connectivity index is 1.71. The highest BCUT2D eigenvalue weighted by molar-refractivity contribution is 5.92. The summed E-state index contributed by atoms with van der Waals surface area (Å²) in [5, 5.41) is 3.01. The van der Waals surface area contributed by atoms with Gasteiger partial charge in [0.15, 0.2) is 6.61 Å². The van der Waals surface area contributed by atoms with Crippen molar-refractivity contribution >= 4 is 11.9 Å². The molecule has 0 bridgehead atoms. The Morgan fingerprint density at radius 2 is 1.38 bits per heavy atom. The summed E-state index contributed by atoms with van der Waals surface area (Å²) in [6.07, 6.45) is 0. The van der Waals surface area contributed by atoms with Gasteiger partial charge in [0.05, 0.1) is 12.6 Å². The first-order valence-corrected chi connectivity index (χ1v) is 9.47. The maximum absolute atomic E-state index is 12.6. The quantitative estimate of drug-likeness (QED) is 0.588. The highest BCUT2D eigenvalue weighted by Gasteiger charge is 2.18. The van der Waals surface area contributed by atoms with Crippen LogP contribution in [0.3, 0.4) is 0 Å². The Hall–Kier alpha value is -3.60. The van der Waals surface area contributed by atoms with Crippen LogP contribution in [0.25, 0.3) is 0 Å². The van der Waals surface area contributed by atoms with Crippen molar-refractivity contribution < 1.29 is 19.1 Å². The molecule has 0 aliphatic rings. The molecule has 1 amide bonds. The lowest BCUT2D eigenvalue weighted by Crippen LogP contribution is -2.33. The van der Waals surface area contributed by atoms with E-state index in [1.165, 1.54) is 0 Å². The molecule has 0 atom stereocenters. The van der Waals surface area contributed by atoms with Crippen molar-refractivity contribution in [3.8, 4) is 5.75 Å². The van der Waals surface area contributed by atoms with Gasteiger partial charge in [-0.1, -0.05) is 72.8 Å². The second-order valence-corrected chi connectivity index (χ2v) is 6.33. The van der Waals surface area contributed by atoms with E-state index >= 15 is 0 Å². The van der Waals surface area contributed by atoms with Gasteiger partial charge in [-0.2, -0.15) is 0 Å². The molecule has 0 radical (unpaired) electrons. The van der Waals surface area contributed by atoms with Gasteiger partial charge in [0.2, 0.25) is 0 Å². The van der Waals surface area contributed by atoms with Gasteiger partial charge in [-0.15, -0.1) is 0 Å². The summed E-state index contributed by atoms with van der Waals surface area (Å²) in [5.74, 6) is -0.451. The minimum Gasteiger partial charge on any atom is -0.483 e. The van der Waals surface area contributed by atoms with Crippen molar-refractivity contribution in [2.24, 2.45) is 0 Å². The molecule has 0 unspecified atom stereocenters. The summed E-state index contributed by atoms with van der Waals surface area (Å²) in [6.45, 7) is 1.79. The minimum absolute atomic E-state index is 0.216. The van der Waals surface area contributed by atoms with Crippen LogP contribution in [0.5, 0.6) is 5.75 Å². The number of hydrogen-bond acceptors (Lipinski definition) is 4. The zero-order valence-electron chi connectivity index (χ0n) is 16.2. The van der Waals surface area contributed by atoms with E-state index in [1.54, 1.807) is 31.2 Å². The predicted octanol–water partition coefficient (Wildman–Crippen LogP) is 4.15. The Morgan fingerprint density at radius 3 is 1.97 bits per heavy atom. The van der Waals surface area contributed by atoms with E-state index in [0.29, 0.717) is 11.3 Å². The first-order valence-electron chi connectivity index (χ1n) is 9.47.